The summed E-state index contributed by atoms with van der Waals surface area (Å²) in [5.41, 5.74) is 0. The maximum atomic E-state index is 12.5. The summed E-state index contributed by atoms with van der Waals surface area (Å²) in [6, 6.07) is 3.98. The maximum absolute atomic E-state index is 12.5. The molecule has 2 heterocycles. The second-order valence-corrected chi connectivity index (χ2v) is 7.37. The minimum Gasteiger partial charge on any atom is -0.468 e. The monoisotopic (exact) mass is 319 g/mol. The molecule has 0 radical (unpaired) electrons. The van der Waals surface area contributed by atoms with Gasteiger partial charge in [0, 0.05) is 19.0 Å². The number of carbonyl (C=O) groups excluding carboxylic acids is 1. The molecule has 1 aromatic heterocycles. The average molecular weight is 319 g/mol. The van der Waals surface area contributed by atoms with E-state index in [2.05, 4.69) is 17.1 Å². The molecule has 3 rings (SSSR count). The number of rotatable bonds is 5. The highest BCUT2D eigenvalue weighted by Gasteiger charge is 2.28. The Bertz CT molecular complexity index is 489. The third-order valence-corrected chi connectivity index (χ3v) is 5.92. The summed E-state index contributed by atoms with van der Waals surface area (Å²) in [6.45, 7) is 1.90. The number of hydrogen-bond acceptors (Lipinski definition) is 3. The lowest BCUT2D eigenvalue weighted by Crippen LogP contribution is -2.42. The molecule has 2 aliphatic rings. The molecule has 4 heteroatoms. The van der Waals surface area contributed by atoms with E-state index in [0.717, 1.165) is 62.6 Å². The Hall–Kier alpha value is -1.16. The van der Waals surface area contributed by atoms with Gasteiger partial charge in [0.25, 0.3) is 0 Å². The van der Waals surface area contributed by atoms with Gasteiger partial charge < -0.3 is 9.32 Å². The van der Waals surface area contributed by atoms with E-state index in [1.165, 1.54) is 5.75 Å². The molecular formula is C18H25NO2S. The molecule has 1 amide bonds. The number of likely N-dealkylation sites (tertiary alicyclic amines) is 1. The zero-order valence-electron chi connectivity index (χ0n) is 13.1. The molecule has 0 N–H and O–H groups in total. The van der Waals surface area contributed by atoms with Crippen molar-refractivity contribution in [1.82, 2.24) is 4.90 Å². The van der Waals surface area contributed by atoms with Crippen molar-refractivity contribution < 1.29 is 9.21 Å². The first-order valence-corrected chi connectivity index (χ1v) is 9.52. The number of nitrogens with zero attached hydrogens (tertiary/aromatic N) is 1. The fraction of sp³-hybridized carbons (Fsp3) is 0.611. The molecule has 1 saturated heterocycles. The van der Waals surface area contributed by atoms with Gasteiger partial charge in [-0.15, -0.1) is 0 Å². The Balaban J connectivity index is 1.36. The van der Waals surface area contributed by atoms with E-state index in [-0.39, 0.29) is 5.92 Å². The number of thioether (sulfide) groups is 1. The summed E-state index contributed by atoms with van der Waals surface area (Å²) >= 11 is 1.95. The quantitative estimate of drug-likeness (QED) is 0.766. The zero-order valence-corrected chi connectivity index (χ0v) is 13.9. The van der Waals surface area contributed by atoms with Crippen molar-refractivity contribution in [3.05, 3.63) is 36.3 Å². The molecular weight excluding hydrogens is 294 g/mol. The van der Waals surface area contributed by atoms with Crippen LogP contribution in [-0.4, -0.2) is 29.6 Å². The van der Waals surface area contributed by atoms with E-state index in [4.69, 9.17) is 4.42 Å². The molecule has 0 saturated carbocycles. The number of furan rings is 1. The minimum absolute atomic E-state index is 0.245. The van der Waals surface area contributed by atoms with Gasteiger partial charge in [0.05, 0.1) is 12.0 Å². The summed E-state index contributed by atoms with van der Waals surface area (Å²) in [7, 11) is 0. The van der Waals surface area contributed by atoms with E-state index >= 15 is 0 Å². The van der Waals surface area contributed by atoms with Crippen LogP contribution < -0.4 is 0 Å². The lowest BCUT2D eigenvalue weighted by molar-refractivity contribution is -0.137. The molecule has 1 aliphatic heterocycles. The fourth-order valence-electron chi connectivity index (χ4n) is 3.32. The first kappa shape index (κ1) is 15.7. The van der Waals surface area contributed by atoms with Gasteiger partial charge in [-0.1, -0.05) is 12.2 Å². The van der Waals surface area contributed by atoms with E-state index in [0.29, 0.717) is 5.91 Å². The van der Waals surface area contributed by atoms with Gasteiger partial charge >= 0.3 is 0 Å². The Morgan fingerprint density at radius 3 is 2.82 bits per heavy atom. The largest absolute Gasteiger partial charge is 0.468 e. The second kappa shape index (κ2) is 7.91. The van der Waals surface area contributed by atoms with Crippen LogP contribution in [0, 0.1) is 11.8 Å². The van der Waals surface area contributed by atoms with Crippen molar-refractivity contribution in [2.24, 2.45) is 11.8 Å². The first-order chi connectivity index (χ1) is 10.8. The molecule has 22 heavy (non-hydrogen) atoms. The number of carbonyl (C=O) groups is 1. The van der Waals surface area contributed by atoms with Gasteiger partial charge in [-0.05, 0) is 55.9 Å². The summed E-state index contributed by atoms with van der Waals surface area (Å²) in [4.78, 5) is 14.6. The van der Waals surface area contributed by atoms with E-state index in [1.54, 1.807) is 6.26 Å². The first-order valence-electron chi connectivity index (χ1n) is 8.37. The van der Waals surface area contributed by atoms with Crippen LogP contribution in [0.2, 0.25) is 0 Å². The SMILES string of the molecule is O=C([C@@H]1CC=CCC1)N1CCC(CSCc2ccco2)CC1. The molecule has 0 spiro atoms. The van der Waals surface area contributed by atoms with Crippen LogP contribution >= 0.6 is 11.8 Å². The molecule has 3 nitrogen and oxygen atoms in total. The van der Waals surface area contributed by atoms with Crippen molar-refractivity contribution >= 4 is 17.7 Å². The van der Waals surface area contributed by atoms with Crippen LogP contribution in [0.15, 0.2) is 35.0 Å². The number of amides is 1. The molecule has 120 valence electrons. The van der Waals surface area contributed by atoms with Gasteiger partial charge in [-0.25, -0.2) is 0 Å². The van der Waals surface area contributed by atoms with Crippen molar-refractivity contribution in [1.29, 1.82) is 0 Å². The minimum atomic E-state index is 0.245. The fourth-order valence-corrected chi connectivity index (χ4v) is 4.47. The third-order valence-electron chi connectivity index (χ3n) is 4.72. The van der Waals surface area contributed by atoms with E-state index < -0.39 is 0 Å². The van der Waals surface area contributed by atoms with Crippen LogP contribution in [-0.2, 0) is 10.5 Å². The van der Waals surface area contributed by atoms with Crippen LogP contribution in [0.4, 0.5) is 0 Å². The van der Waals surface area contributed by atoms with Crippen LogP contribution in [0.1, 0.15) is 37.9 Å². The van der Waals surface area contributed by atoms with Crippen molar-refractivity contribution in [3.8, 4) is 0 Å². The lowest BCUT2D eigenvalue weighted by atomic mass is 9.91. The van der Waals surface area contributed by atoms with Crippen molar-refractivity contribution in [2.45, 2.75) is 37.9 Å². The third kappa shape index (κ3) is 4.19. The van der Waals surface area contributed by atoms with Gasteiger partial charge in [0.15, 0.2) is 0 Å². The zero-order chi connectivity index (χ0) is 15.2. The van der Waals surface area contributed by atoms with Gasteiger partial charge in [0.1, 0.15) is 5.76 Å². The smallest absolute Gasteiger partial charge is 0.226 e. The van der Waals surface area contributed by atoms with E-state index in [9.17, 15) is 4.79 Å². The Labute approximate surface area is 137 Å². The topological polar surface area (TPSA) is 33.5 Å². The summed E-state index contributed by atoms with van der Waals surface area (Å²) in [5, 5.41) is 0. The number of piperidine rings is 1. The highest BCUT2D eigenvalue weighted by molar-refractivity contribution is 7.98. The van der Waals surface area contributed by atoms with E-state index in [1.807, 2.05) is 23.9 Å². The highest BCUT2D eigenvalue weighted by Crippen LogP contribution is 2.27. The molecule has 0 unspecified atom stereocenters. The standard InChI is InChI=1S/C18H25NO2S/c20-18(16-5-2-1-3-6-16)19-10-8-15(9-11-19)13-22-14-17-7-4-12-21-17/h1-2,4,7,12,15-16H,3,5-6,8-11,13-14H2/t16-/m1/s1. The molecule has 0 bridgehead atoms. The highest BCUT2D eigenvalue weighted by atomic mass is 32.2. The van der Waals surface area contributed by atoms with Gasteiger partial charge in [-0.2, -0.15) is 11.8 Å². The Morgan fingerprint density at radius 2 is 2.14 bits per heavy atom. The predicted octanol–water partition coefficient (Wildman–Crippen LogP) is 4.11. The van der Waals surface area contributed by atoms with Crippen LogP contribution in [0.25, 0.3) is 0 Å². The summed E-state index contributed by atoms with van der Waals surface area (Å²) in [5.74, 6) is 4.58. The van der Waals surface area contributed by atoms with Crippen molar-refractivity contribution in [2.75, 3.05) is 18.8 Å². The molecule has 1 atom stereocenters. The molecule has 1 aliphatic carbocycles. The average Bonchev–Trinajstić information content (AvgIpc) is 3.09. The van der Waals surface area contributed by atoms with Gasteiger partial charge in [-0.3, -0.25) is 4.79 Å². The predicted molar refractivity (Wildman–Crippen MR) is 90.7 cm³/mol. The molecule has 0 aromatic carbocycles. The Morgan fingerprint density at radius 1 is 1.27 bits per heavy atom. The summed E-state index contributed by atoms with van der Waals surface area (Å²) in [6.07, 6.45) is 11.5. The van der Waals surface area contributed by atoms with Gasteiger partial charge in [0.2, 0.25) is 5.91 Å². The van der Waals surface area contributed by atoms with Crippen LogP contribution in [0.3, 0.4) is 0 Å². The summed E-state index contributed by atoms with van der Waals surface area (Å²) < 4.78 is 5.36. The Kier molecular flexibility index (Phi) is 5.65. The van der Waals surface area contributed by atoms with Crippen LogP contribution in [0.5, 0.6) is 0 Å². The number of allylic oxidation sites excluding steroid dienone is 2. The number of hydrogen-bond donors (Lipinski definition) is 0. The molecule has 1 fully saturated rings. The van der Waals surface area contributed by atoms with Crippen molar-refractivity contribution in [3.63, 3.8) is 0 Å². The maximum Gasteiger partial charge on any atom is 0.226 e. The molecule has 1 aromatic rings. The second-order valence-electron chi connectivity index (χ2n) is 6.34. The normalized spacial score (nSPS) is 22.9. The lowest BCUT2D eigenvalue weighted by Gasteiger charge is -2.34.